The van der Waals surface area contributed by atoms with Crippen molar-refractivity contribution in [3.63, 3.8) is 0 Å². The van der Waals surface area contributed by atoms with Crippen LogP contribution in [-0.2, 0) is 22.7 Å². The quantitative estimate of drug-likeness (QED) is 0.478. The first-order valence-electron chi connectivity index (χ1n) is 10.4. The molecule has 1 unspecified atom stereocenters. The maximum absolute atomic E-state index is 12.8. The van der Waals surface area contributed by atoms with Crippen LogP contribution in [0.15, 0.2) is 41.2 Å². The smallest absolute Gasteiger partial charge is 0.329 e. The monoisotopic (exact) mass is 453 g/mol. The van der Waals surface area contributed by atoms with E-state index in [0.717, 1.165) is 21.7 Å². The Morgan fingerprint density at radius 1 is 1.30 bits per heavy atom. The number of hydrogen-bond acceptors (Lipinski definition) is 7. The molecule has 3 N–H and O–H groups in total. The summed E-state index contributed by atoms with van der Waals surface area (Å²) in [4.78, 5) is 38.7. The number of nitrogens with two attached hydrogens (primary N) is 1. The molecule has 1 aliphatic rings. The lowest BCUT2D eigenvalue weighted by molar-refractivity contribution is -0.585. The average molecular weight is 453 g/mol. The second kappa shape index (κ2) is 9.25. The van der Waals surface area contributed by atoms with Gasteiger partial charge >= 0.3 is 11.9 Å². The number of rotatable bonds is 8. The number of carbonyl (C=O) groups is 3. The largest absolute Gasteiger partial charge is 0.497 e. The van der Waals surface area contributed by atoms with E-state index >= 15 is 0 Å². The molecule has 1 aromatic carbocycles. The molecule has 1 atom stereocenters. The fraction of sp³-hybridized carbons (Fsp3) is 0.318. The summed E-state index contributed by atoms with van der Waals surface area (Å²) in [6.07, 6.45) is 2.93. The number of urea groups is 1. The Labute approximate surface area is 189 Å². The molecule has 33 heavy (non-hydrogen) atoms. The van der Waals surface area contributed by atoms with Crippen molar-refractivity contribution >= 4 is 23.5 Å². The SMILES string of the molecule is COc1cccc(C[NH2+]C(=O)CC2NC(=O)N(c3cnn(Cc4c(C)noc4C)c3)C2=O)c1. The molecule has 11 nitrogen and oxygen atoms in total. The van der Waals surface area contributed by atoms with Gasteiger partial charge < -0.3 is 14.6 Å². The number of benzene rings is 1. The summed E-state index contributed by atoms with van der Waals surface area (Å²) in [6.45, 7) is 4.44. The molecule has 0 saturated carbocycles. The summed E-state index contributed by atoms with van der Waals surface area (Å²) >= 11 is 0. The molecule has 1 saturated heterocycles. The first kappa shape index (κ1) is 22.2. The summed E-state index contributed by atoms with van der Waals surface area (Å²) in [5.74, 6) is 0.674. The van der Waals surface area contributed by atoms with Crippen molar-refractivity contribution in [2.45, 2.75) is 39.4 Å². The molecule has 2 aromatic heterocycles. The summed E-state index contributed by atoms with van der Waals surface area (Å²) in [5.41, 5.74) is 2.89. The zero-order valence-corrected chi connectivity index (χ0v) is 18.6. The maximum atomic E-state index is 12.8. The molecule has 3 heterocycles. The van der Waals surface area contributed by atoms with E-state index in [-0.39, 0.29) is 12.3 Å². The minimum Gasteiger partial charge on any atom is -0.497 e. The van der Waals surface area contributed by atoms with Gasteiger partial charge in [-0.1, -0.05) is 17.3 Å². The highest BCUT2D eigenvalue weighted by atomic mass is 16.5. The number of methoxy groups -OCH3 is 1. The van der Waals surface area contributed by atoms with Crippen molar-refractivity contribution in [1.82, 2.24) is 20.3 Å². The van der Waals surface area contributed by atoms with Crippen LogP contribution in [0.25, 0.3) is 0 Å². The molecule has 172 valence electrons. The highest BCUT2D eigenvalue weighted by molar-refractivity contribution is 6.21. The number of nitrogens with one attached hydrogen (secondary N) is 1. The van der Waals surface area contributed by atoms with Gasteiger partial charge in [-0.15, -0.1) is 0 Å². The number of aryl methyl sites for hydroxylation is 2. The Morgan fingerprint density at radius 2 is 2.12 bits per heavy atom. The van der Waals surface area contributed by atoms with Crippen molar-refractivity contribution in [3.8, 4) is 5.75 Å². The first-order chi connectivity index (χ1) is 15.9. The predicted molar refractivity (Wildman–Crippen MR) is 115 cm³/mol. The third-order valence-corrected chi connectivity index (χ3v) is 5.50. The van der Waals surface area contributed by atoms with Gasteiger partial charge in [0.1, 0.15) is 24.1 Å². The van der Waals surface area contributed by atoms with Crippen LogP contribution >= 0.6 is 0 Å². The third-order valence-electron chi connectivity index (χ3n) is 5.50. The number of hydrogen-bond donors (Lipinski definition) is 2. The number of ether oxygens (including phenoxy) is 1. The molecule has 4 rings (SSSR count). The lowest BCUT2D eigenvalue weighted by atomic mass is 10.1. The number of aromatic nitrogens is 3. The molecule has 1 fully saturated rings. The molecular weight excluding hydrogens is 428 g/mol. The van der Waals surface area contributed by atoms with Crippen LogP contribution in [0.4, 0.5) is 10.5 Å². The van der Waals surface area contributed by atoms with Crippen LogP contribution < -0.4 is 20.3 Å². The number of nitrogens with zero attached hydrogens (tertiary/aromatic N) is 4. The maximum Gasteiger partial charge on any atom is 0.329 e. The van der Waals surface area contributed by atoms with Gasteiger partial charge in [0.05, 0.1) is 37.7 Å². The number of carbonyl (C=O) groups excluding carboxylic acids is 3. The van der Waals surface area contributed by atoms with Crippen LogP contribution in [0.3, 0.4) is 0 Å². The normalized spacial score (nSPS) is 15.7. The van der Waals surface area contributed by atoms with E-state index < -0.39 is 18.0 Å². The van der Waals surface area contributed by atoms with Gasteiger partial charge in [0.15, 0.2) is 0 Å². The number of imide groups is 1. The van der Waals surface area contributed by atoms with Crippen LogP contribution in [0.5, 0.6) is 5.75 Å². The van der Waals surface area contributed by atoms with Crippen molar-refractivity contribution < 1.29 is 29.0 Å². The average Bonchev–Trinajstić information content (AvgIpc) is 3.46. The Morgan fingerprint density at radius 3 is 2.85 bits per heavy atom. The summed E-state index contributed by atoms with van der Waals surface area (Å²) < 4.78 is 11.9. The lowest BCUT2D eigenvalue weighted by Crippen LogP contribution is -2.87. The van der Waals surface area contributed by atoms with Gasteiger partial charge in [-0.3, -0.25) is 14.8 Å². The van der Waals surface area contributed by atoms with E-state index in [4.69, 9.17) is 9.26 Å². The molecule has 4 amide bonds. The van der Waals surface area contributed by atoms with E-state index in [1.54, 1.807) is 18.0 Å². The fourth-order valence-electron chi connectivity index (χ4n) is 3.67. The summed E-state index contributed by atoms with van der Waals surface area (Å²) in [5, 5.41) is 12.3. The molecule has 1 aliphatic heterocycles. The Balaban J connectivity index is 1.36. The standard InChI is InChI=1S/C22H24N6O5/c1-13-18(14(2)33-26-13)12-27-11-16(10-24-27)28-21(30)19(25-22(28)31)8-20(29)23-9-15-5-4-6-17(7-15)32-3/h4-7,10-11,19H,8-9,12H2,1-3H3,(H,23,29)(H,25,31)/p+1. The van der Waals surface area contributed by atoms with Gasteiger partial charge in [-0.2, -0.15) is 5.10 Å². The minimum atomic E-state index is -0.919. The Kier molecular flexibility index (Phi) is 6.22. The summed E-state index contributed by atoms with van der Waals surface area (Å²) in [7, 11) is 1.58. The molecule has 0 radical (unpaired) electrons. The van der Waals surface area contributed by atoms with E-state index in [0.29, 0.717) is 30.3 Å². The van der Waals surface area contributed by atoms with Crippen molar-refractivity contribution in [3.05, 3.63) is 59.2 Å². The van der Waals surface area contributed by atoms with Crippen molar-refractivity contribution in [2.24, 2.45) is 0 Å². The van der Waals surface area contributed by atoms with Gasteiger partial charge in [-0.05, 0) is 26.0 Å². The Hall–Kier alpha value is -3.99. The molecule has 11 heteroatoms. The highest BCUT2D eigenvalue weighted by Crippen LogP contribution is 2.21. The van der Waals surface area contributed by atoms with E-state index in [2.05, 4.69) is 15.6 Å². The van der Waals surface area contributed by atoms with Crippen molar-refractivity contribution in [2.75, 3.05) is 12.0 Å². The topological polar surface area (TPSA) is 136 Å². The number of quaternary nitrogens is 1. The highest BCUT2D eigenvalue weighted by Gasteiger charge is 2.41. The Bertz CT molecular complexity index is 1180. The molecule has 0 bridgehead atoms. The minimum absolute atomic E-state index is 0.113. The second-order valence-corrected chi connectivity index (χ2v) is 7.80. The van der Waals surface area contributed by atoms with Gasteiger partial charge in [0, 0.05) is 17.3 Å². The first-order valence-corrected chi connectivity index (χ1v) is 10.4. The molecular formula is C22H25N6O5+. The number of amides is 4. The zero-order valence-electron chi connectivity index (χ0n) is 18.6. The van der Waals surface area contributed by atoms with E-state index in [1.807, 2.05) is 38.1 Å². The summed E-state index contributed by atoms with van der Waals surface area (Å²) in [6, 6.07) is 5.89. The van der Waals surface area contributed by atoms with Crippen LogP contribution in [-0.4, -0.2) is 45.9 Å². The van der Waals surface area contributed by atoms with Crippen LogP contribution in [0, 0.1) is 13.8 Å². The molecule has 0 spiro atoms. The van der Waals surface area contributed by atoms with E-state index in [1.165, 1.54) is 11.5 Å². The third kappa shape index (κ3) is 4.77. The number of primary amides is 1. The molecule has 3 aromatic rings. The predicted octanol–water partition coefficient (Wildman–Crippen LogP) is 0.650. The van der Waals surface area contributed by atoms with E-state index in [9.17, 15) is 14.4 Å². The van der Waals surface area contributed by atoms with Crippen LogP contribution in [0.1, 0.15) is 29.0 Å². The number of anilines is 1. The van der Waals surface area contributed by atoms with Crippen molar-refractivity contribution in [1.29, 1.82) is 0 Å². The fourth-order valence-corrected chi connectivity index (χ4v) is 3.67. The van der Waals surface area contributed by atoms with Gasteiger partial charge in [0.25, 0.3) is 5.91 Å². The van der Waals surface area contributed by atoms with Crippen LogP contribution in [0.2, 0.25) is 0 Å². The van der Waals surface area contributed by atoms with Gasteiger partial charge in [-0.25, -0.2) is 14.5 Å². The second-order valence-electron chi connectivity index (χ2n) is 7.80. The zero-order chi connectivity index (χ0) is 23.5. The lowest BCUT2D eigenvalue weighted by Gasteiger charge is -2.09. The molecule has 0 aliphatic carbocycles. The van der Waals surface area contributed by atoms with Gasteiger partial charge in [0.2, 0.25) is 0 Å².